The minimum atomic E-state index is 0.618. The molecule has 6 heterocycles. The number of nitrogens with one attached hydrogen (secondary N) is 2. The van der Waals surface area contributed by atoms with E-state index in [1.54, 1.807) is 12.5 Å². The zero-order chi connectivity index (χ0) is 21.1. The second-order valence-electron chi connectivity index (χ2n) is 7.48. The molecule has 2 N–H and O–H groups in total. The van der Waals surface area contributed by atoms with E-state index in [2.05, 4.69) is 41.2 Å². The van der Waals surface area contributed by atoms with Crippen LogP contribution >= 0.6 is 0 Å². The lowest BCUT2D eigenvalue weighted by Gasteiger charge is -2.03. The molecular weight excluding hydrogens is 392 g/mol. The fourth-order valence-electron chi connectivity index (χ4n) is 3.77. The largest absolute Gasteiger partial charge is 0.334 e. The van der Waals surface area contributed by atoms with Gasteiger partial charge in [0.2, 0.25) is 0 Å². The van der Waals surface area contributed by atoms with Crippen LogP contribution in [0.5, 0.6) is 0 Å². The quantitative estimate of drug-likeness (QED) is 0.463. The topological polar surface area (TPSA) is 119 Å². The van der Waals surface area contributed by atoms with Crippen LogP contribution in [0.4, 0.5) is 0 Å². The predicted molar refractivity (Wildman–Crippen MR) is 116 cm³/mol. The maximum Gasteiger partial charge on any atom is 0.181 e. The molecule has 6 rings (SSSR count). The molecule has 0 aromatic carbocycles. The van der Waals surface area contributed by atoms with Crippen LogP contribution in [0.15, 0.2) is 43.2 Å². The van der Waals surface area contributed by atoms with Gasteiger partial charge in [-0.3, -0.25) is 5.10 Å². The van der Waals surface area contributed by atoms with Crippen LogP contribution in [0, 0.1) is 13.8 Å². The molecule has 0 spiro atoms. The predicted octanol–water partition coefficient (Wildman–Crippen LogP) is 3.10. The summed E-state index contributed by atoms with van der Waals surface area (Å²) in [7, 11) is 1.99. The molecule has 10 nitrogen and oxygen atoms in total. The molecule has 0 saturated carbocycles. The zero-order valence-corrected chi connectivity index (χ0v) is 17.1. The molecule has 0 amide bonds. The molecule has 31 heavy (non-hydrogen) atoms. The van der Waals surface area contributed by atoms with Gasteiger partial charge in [-0.2, -0.15) is 5.10 Å². The van der Waals surface area contributed by atoms with E-state index in [1.165, 1.54) is 0 Å². The Morgan fingerprint density at radius 1 is 1.00 bits per heavy atom. The molecule has 0 radical (unpaired) electrons. The van der Waals surface area contributed by atoms with Gasteiger partial charge in [-0.15, -0.1) is 0 Å². The Bertz CT molecular complexity index is 1580. The lowest BCUT2D eigenvalue weighted by molar-refractivity contribution is 0.865. The van der Waals surface area contributed by atoms with E-state index in [9.17, 15) is 0 Å². The molecule has 0 aliphatic heterocycles. The van der Waals surface area contributed by atoms with E-state index in [-0.39, 0.29) is 0 Å². The number of H-pyrrole nitrogens is 2. The number of aryl methyl sites for hydroxylation is 2. The van der Waals surface area contributed by atoms with Gasteiger partial charge < -0.3 is 14.1 Å². The number of aromatic amines is 2. The third kappa shape index (κ3) is 2.65. The minimum absolute atomic E-state index is 0.618. The molecular formula is C21H18N10. The van der Waals surface area contributed by atoms with Crippen molar-refractivity contribution in [2.75, 3.05) is 0 Å². The van der Waals surface area contributed by atoms with Gasteiger partial charge >= 0.3 is 0 Å². The highest BCUT2D eigenvalue weighted by atomic mass is 15.2. The highest BCUT2D eigenvalue weighted by Gasteiger charge is 2.17. The summed E-state index contributed by atoms with van der Waals surface area (Å²) >= 11 is 0. The Morgan fingerprint density at radius 2 is 1.90 bits per heavy atom. The number of imidazole rings is 3. The molecule has 0 unspecified atom stereocenters. The first kappa shape index (κ1) is 17.5. The Hall–Kier alpha value is -4.34. The summed E-state index contributed by atoms with van der Waals surface area (Å²) in [6.45, 7) is 3.93. The molecule has 0 aliphatic rings. The van der Waals surface area contributed by atoms with Crippen molar-refractivity contribution in [1.29, 1.82) is 0 Å². The van der Waals surface area contributed by atoms with Gasteiger partial charge in [0.15, 0.2) is 17.1 Å². The summed E-state index contributed by atoms with van der Waals surface area (Å²) in [6, 6.07) is 3.99. The maximum absolute atomic E-state index is 4.71. The number of rotatable bonds is 3. The summed E-state index contributed by atoms with van der Waals surface area (Å²) in [5.41, 5.74) is 6.64. The normalized spacial score (nSPS) is 11.7. The lowest BCUT2D eigenvalue weighted by atomic mass is 10.1. The first-order valence-corrected chi connectivity index (χ1v) is 9.77. The van der Waals surface area contributed by atoms with Gasteiger partial charge in [-0.25, -0.2) is 24.9 Å². The number of nitrogens with zero attached hydrogens (tertiary/aromatic N) is 8. The number of hydrogen-bond donors (Lipinski definition) is 2. The SMILES string of the molecule is Cc1cn(-c2ccnc3nc(-c4[nH]nc5ncc(-c6cnc(C)n6C)cc45)[nH]c23)cn1. The molecule has 0 atom stereocenters. The van der Waals surface area contributed by atoms with Crippen molar-refractivity contribution >= 4 is 22.2 Å². The summed E-state index contributed by atoms with van der Waals surface area (Å²) in [5, 5.41) is 8.31. The van der Waals surface area contributed by atoms with Crippen LogP contribution < -0.4 is 0 Å². The van der Waals surface area contributed by atoms with Crippen LogP contribution in [-0.2, 0) is 7.05 Å². The van der Waals surface area contributed by atoms with Gasteiger partial charge in [0.05, 0.1) is 35.0 Å². The smallest absolute Gasteiger partial charge is 0.181 e. The van der Waals surface area contributed by atoms with Gasteiger partial charge in [-0.05, 0) is 26.0 Å². The lowest BCUT2D eigenvalue weighted by Crippen LogP contribution is -1.94. The molecule has 6 aromatic rings. The third-order valence-corrected chi connectivity index (χ3v) is 5.52. The van der Waals surface area contributed by atoms with E-state index < -0.39 is 0 Å². The van der Waals surface area contributed by atoms with E-state index in [0.29, 0.717) is 17.1 Å². The highest BCUT2D eigenvalue weighted by molar-refractivity contribution is 5.93. The van der Waals surface area contributed by atoms with Crippen molar-refractivity contribution in [3.63, 3.8) is 0 Å². The number of hydrogen-bond acceptors (Lipinski definition) is 6. The Morgan fingerprint density at radius 3 is 2.68 bits per heavy atom. The molecule has 0 saturated heterocycles. The van der Waals surface area contributed by atoms with E-state index in [1.807, 2.05) is 54.7 Å². The molecule has 0 aliphatic carbocycles. The minimum Gasteiger partial charge on any atom is -0.334 e. The average Bonchev–Trinajstić information content (AvgIpc) is 3.54. The van der Waals surface area contributed by atoms with Gasteiger partial charge in [-0.1, -0.05) is 0 Å². The van der Waals surface area contributed by atoms with E-state index in [4.69, 9.17) is 4.98 Å². The maximum atomic E-state index is 4.71. The number of fused-ring (bicyclic) bond motifs is 2. The standard InChI is InChI=1S/C21H18N10/c1-11-9-31(10-25-11)15-4-5-22-20-18(15)26-21(27-20)17-14-6-13(7-24-19(14)29-28-17)16-8-23-12(2)30(16)3/h4-10H,1-3H3,(H,22,26,27)(H,24,28,29). The van der Waals surface area contributed by atoms with Gasteiger partial charge in [0.1, 0.15) is 17.0 Å². The number of pyridine rings is 2. The van der Waals surface area contributed by atoms with Crippen molar-refractivity contribution in [3.8, 4) is 28.5 Å². The van der Waals surface area contributed by atoms with Crippen molar-refractivity contribution in [1.82, 2.24) is 49.2 Å². The summed E-state index contributed by atoms with van der Waals surface area (Å²) in [6.07, 6.45) is 9.15. The van der Waals surface area contributed by atoms with Gasteiger partial charge in [0.25, 0.3) is 0 Å². The van der Waals surface area contributed by atoms with Crippen LogP contribution in [0.3, 0.4) is 0 Å². The van der Waals surface area contributed by atoms with Crippen molar-refractivity contribution in [3.05, 3.63) is 54.8 Å². The van der Waals surface area contributed by atoms with Crippen LogP contribution in [0.2, 0.25) is 0 Å². The Balaban J connectivity index is 1.52. The summed E-state index contributed by atoms with van der Waals surface area (Å²) in [5.74, 6) is 1.59. The summed E-state index contributed by atoms with van der Waals surface area (Å²) < 4.78 is 3.99. The molecule has 0 fully saturated rings. The fourth-order valence-corrected chi connectivity index (χ4v) is 3.77. The number of aromatic nitrogens is 10. The second-order valence-corrected chi connectivity index (χ2v) is 7.48. The molecule has 6 aromatic heterocycles. The van der Waals surface area contributed by atoms with Gasteiger partial charge in [0, 0.05) is 31.2 Å². The molecule has 152 valence electrons. The Labute approximate surface area is 176 Å². The Kier molecular flexibility index (Phi) is 3.57. The second kappa shape index (κ2) is 6.33. The first-order chi connectivity index (χ1) is 15.1. The molecule has 0 bridgehead atoms. The third-order valence-electron chi connectivity index (χ3n) is 5.52. The first-order valence-electron chi connectivity index (χ1n) is 9.77. The zero-order valence-electron chi connectivity index (χ0n) is 17.1. The molecule has 10 heteroatoms. The van der Waals surface area contributed by atoms with Crippen molar-refractivity contribution < 1.29 is 0 Å². The average molecular weight is 410 g/mol. The van der Waals surface area contributed by atoms with Crippen molar-refractivity contribution in [2.45, 2.75) is 13.8 Å². The highest BCUT2D eigenvalue weighted by Crippen LogP contribution is 2.30. The van der Waals surface area contributed by atoms with Crippen molar-refractivity contribution in [2.24, 2.45) is 7.05 Å². The fraction of sp³-hybridized carbons (Fsp3) is 0.143. The van der Waals surface area contributed by atoms with Crippen LogP contribution in [-0.4, -0.2) is 49.2 Å². The van der Waals surface area contributed by atoms with Crippen LogP contribution in [0.25, 0.3) is 50.7 Å². The van der Waals surface area contributed by atoms with E-state index >= 15 is 0 Å². The monoisotopic (exact) mass is 410 g/mol. The van der Waals surface area contributed by atoms with Crippen LogP contribution in [0.1, 0.15) is 11.5 Å². The van der Waals surface area contributed by atoms with E-state index in [0.717, 1.165) is 45.1 Å². The summed E-state index contributed by atoms with van der Waals surface area (Å²) in [4.78, 5) is 25.8.